The second-order valence-corrected chi connectivity index (χ2v) is 4.54. The van der Waals surface area contributed by atoms with E-state index in [0.29, 0.717) is 12.0 Å². The molecule has 0 heterocycles. The fraction of sp³-hybridized carbons (Fsp3) is 0.429. The van der Waals surface area contributed by atoms with Crippen LogP contribution in [0.3, 0.4) is 0 Å². The number of aliphatic carboxylic acids is 1. The molecule has 1 unspecified atom stereocenters. The van der Waals surface area contributed by atoms with Crippen LogP contribution in [0.2, 0.25) is 0 Å². The zero-order chi connectivity index (χ0) is 13.7. The highest BCUT2D eigenvalue weighted by Gasteiger charge is 2.25. The lowest BCUT2D eigenvalue weighted by molar-refractivity contribution is -0.140. The van der Waals surface area contributed by atoms with Gasteiger partial charge in [0.1, 0.15) is 6.04 Å². The Morgan fingerprint density at radius 2 is 2.06 bits per heavy atom. The van der Waals surface area contributed by atoms with Gasteiger partial charge in [-0.2, -0.15) is 0 Å². The van der Waals surface area contributed by atoms with Crippen LogP contribution < -0.4 is 5.32 Å². The number of rotatable bonds is 5. The average molecular weight is 249 g/mol. The minimum Gasteiger partial charge on any atom is -0.480 e. The fourth-order valence-electron chi connectivity index (χ4n) is 1.69. The molecule has 2 N–H and O–H groups in total. The Morgan fingerprint density at radius 3 is 2.56 bits per heavy atom. The van der Waals surface area contributed by atoms with Crippen molar-refractivity contribution in [2.45, 2.75) is 33.2 Å². The molecule has 0 aliphatic heterocycles. The third kappa shape index (κ3) is 3.58. The number of amides is 1. The van der Waals surface area contributed by atoms with Crippen molar-refractivity contribution < 1.29 is 14.7 Å². The summed E-state index contributed by atoms with van der Waals surface area (Å²) in [6.45, 7) is 5.61. The number of carboxylic acid groups (broad SMARTS) is 1. The summed E-state index contributed by atoms with van der Waals surface area (Å²) >= 11 is 0. The lowest BCUT2D eigenvalue weighted by Gasteiger charge is -2.20. The molecule has 0 aliphatic carbocycles. The number of nitrogens with one attached hydrogen (secondary N) is 1. The molecule has 0 spiro atoms. The van der Waals surface area contributed by atoms with E-state index in [-0.39, 0.29) is 11.8 Å². The number of hydrogen-bond acceptors (Lipinski definition) is 2. The van der Waals surface area contributed by atoms with Crippen LogP contribution in [0.4, 0.5) is 0 Å². The molecule has 0 bridgehead atoms. The lowest BCUT2D eigenvalue weighted by Crippen LogP contribution is -2.45. The summed E-state index contributed by atoms with van der Waals surface area (Å²) in [4.78, 5) is 23.1. The molecule has 0 aromatic heterocycles. The third-order valence-electron chi connectivity index (χ3n) is 3.05. The van der Waals surface area contributed by atoms with E-state index in [1.165, 1.54) is 0 Å². The third-order valence-corrected chi connectivity index (χ3v) is 3.05. The van der Waals surface area contributed by atoms with Crippen molar-refractivity contribution in [1.82, 2.24) is 5.32 Å². The minimum atomic E-state index is -0.995. The Morgan fingerprint density at radius 1 is 1.39 bits per heavy atom. The highest BCUT2D eigenvalue weighted by Crippen LogP contribution is 2.10. The van der Waals surface area contributed by atoms with Gasteiger partial charge in [-0.3, -0.25) is 4.79 Å². The van der Waals surface area contributed by atoms with Gasteiger partial charge in [-0.1, -0.05) is 38.0 Å². The maximum absolute atomic E-state index is 12.0. The first-order valence-electron chi connectivity index (χ1n) is 6.06. The monoisotopic (exact) mass is 249 g/mol. The van der Waals surface area contributed by atoms with E-state index in [1.807, 2.05) is 26.8 Å². The van der Waals surface area contributed by atoms with Gasteiger partial charge in [0.15, 0.2) is 0 Å². The van der Waals surface area contributed by atoms with Crippen LogP contribution in [-0.2, 0) is 4.79 Å². The molecule has 1 rings (SSSR count). The molecule has 1 aromatic rings. The molecule has 0 saturated carbocycles. The quantitative estimate of drug-likeness (QED) is 0.841. The number of benzene rings is 1. The molecule has 0 radical (unpaired) electrons. The largest absolute Gasteiger partial charge is 0.480 e. The van der Waals surface area contributed by atoms with Crippen LogP contribution in [0.15, 0.2) is 24.3 Å². The zero-order valence-electron chi connectivity index (χ0n) is 10.9. The van der Waals surface area contributed by atoms with Gasteiger partial charge in [0.2, 0.25) is 0 Å². The standard InChI is InChI=1S/C14H19NO3/c1-4-10(3)12(14(17)18)15-13(16)11-7-5-6-9(2)8-11/h5-8,10,12H,4H2,1-3H3,(H,15,16)(H,17,18)/t10?,12-/m1/s1. The number of carboxylic acids is 1. The molecule has 1 amide bonds. The number of carbonyl (C=O) groups excluding carboxylic acids is 1. The molecule has 0 fully saturated rings. The molecule has 4 heteroatoms. The summed E-state index contributed by atoms with van der Waals surface area (Å²) in [5.74, 6) is -1.44. The van der Waals surface area contributed by atoms with Gasteiger partial charge in [0.05, 0.1) is 0 Å². The maximum Gasteiger partial charge on any atom is 0.326 e. The van der Waals surface area contributed by atoms with E-state index in [0.717, 1.165) is 5.56 Å². The predicted octanol–water partition coefficient (Wildman–Crippen LogP) is 2.22. The summed E-state index contributed by atoms with van der Waals surface area (Å²) in [6, 6.07) is 6.24. The first-order chi connectivity index (χ1) is 8.45. The van der Waals surface area contributed by atoms with Gasteiger partial charge in [0.25, 0.3) is 5.91 Å². The van der Waals surface area contributed by atoms with Crippen molar-refractivity contribution in [3.63, 3.8) is 0 Å². The van der Waals surface area contributed by atoms with Crippen molar-refractivity contribution in [3.8, 4) is 0 Å². The Labute approximate surface area is 107 Å². The van der Waals surface area contributed by atoms with Gasteiger partial charge >= 0.3 is 5.97 Å². The van der Waals surface area contributed by atoms with Gasteiger partial charge in [-0.05, 0) is 25.0 Å². The van der Waals surface area contributed by atoms with Crippen LogP contribution in [0, 0.1) is 12.8 Å². The van der Waals surface area contributed by atoms with Crippen LogP contribution in [0.5, 0.6) is 0 Å². The van der Waals surface area contributed by atoms with Crippen LogP contribution in [0.25, 0.3) is 0 Å². The number of hydrogen-bond donors (Lipinski definition) is 2. The Hall–Kier alpha value is -1.84. The maximum atomic E-state index is 12.0. The summed E-state index contributed by atoms with van der Waals surface area (Å²) < 4.78 is 0. The van der Waals surface area contributed by atoms with Crippen molar-refractivity contribution in [1.29, 1.82) is 0 Å². The van der Waals surface area contributed by atoms with E-state index in [9.17, 15) is 9.59 Å². The fourth-order valence-corrected chi connectivity index (χ4v) is 1.69. The normalized spacial score (nSPS) is 13.7. The van der Waals surface area contributed by atoms with Gasteiger partial charge in [0, 0.05) is 5.56 Å². The molecule has 4 nitrogen and oxygen atoms in total. The average Bonchev–Trinajstić information content (AvgIpc) is 2.34. The van der Waals surface area contributed by atoms with Crippen molar-refractivity contribution >= 4 is 11.9 Å². The predicted molar refractivity (Wildman–Crippen MR) is 69.5 cm³/mol. The van der Waals surface area contributed by atoms with Crippen LogP contribution >= 0.6 is 0 Å². The summed E-state index contributed by atoms with van der Waals surface area (Å²) in [5, 5.41) is 11.7. The Bertz CT molecular complexity index is 442. The molecule has 0 aliphatic rings. The van der Waals surface area contributed by atoms with E-state index in [1.54, 1.807) is 18.2 Å². The number of aryl methyl sites for hydroxylation is 1. The van der Waals surface area contributed by atoms with Crippen LogP contribution in [-0.4, -0.2) is 23.0 Å². The number of carbonyl (C=O) groups is 2. The smallest absolute Gasteiger partial charge is 0.326 e. The van der Waals surface area contributed by atoms with Gasteiger partial charge in [-0.15, -0.1) is 0 Å². The van der Waals surface area contributed by atoms with Crippen molar-refractivity contribution in [2.24, 2.45) is 5.92 Å². The van der Waals surface area contributed by atoms with E-state index >= 15 is 0 Å². The first-order valence-corrected chi connectivity index (χ1v) is 6.06. The van der Waals surface area contributed by atoms with Crippen molar-refractivity contribution in [2.75, 3.05) is 0 Å². The van der Waals surface area contributed by atoms with E-state index < -0.39 is 12.0 Å². The summed E-state index contributed by atoms with van der Waals surface area (Å²) in [6.07, 6.45) is 0.699. The molecular formula is C14H19NO3. The molecule has 1 aromatic carbocycles. The molecule has 98 valence electrons. The second kappa shape index (κ2) is 6.19. The lowest BCUT2D eigenvalue weighted by atomic mass is 9.99. The molecule has 0 saturated heterocycles. The van der Waals surface area contributed by atoms with E-state index in [4.69, 9.17) is 5.11 Å². The zero-order valence-corrected chi connectivity index (χ0v) is 10.9. The molecular weight excluding hydrogens is 230 g/mol. The van der Waals surface area contributed by atoms with Gasteiger partial charge in [-0.25, -0.2) is 4.79 Å². The van der Waals surface area contributed by atoms with Gasteiger partial charge < -0.3 is 10.4 Å². The Balaban J connectivity index is 2.82. The molecule has 2 atom stereocenters. The topological polar surface area (TPSA) is 66.4 Å². The molecule has 18 heavy (non-hydrogen) atoms. The second-order valence-electron chi connectivity index (χ2n) is 4.54. The van der Waals surface area contributed by atoms with Crippen molar-refractivity contribution in [3.05, 3.63) is 35.4 Å². The van der Waals surface area contributed by atoms with E-state index in [2.05, 4.69) is 5.32 Å². The summed E-state index contributed by atoms with van der Waals surface area (Å²) in [5.41, 5.74) is 1.46. The SMILES string of the molecule is CCC(C)[C@@H](NC(=O)c1cccc(C)c1)C(=O)O. The van der Waals surface area contributed by atoms with Crippen LogP contribution in [0.1, 0.15) is 36.2 Å². The first kappa shape index (κ1) is 14.2. The highest BCUT2D eigenvalue weighted by atomic mass is 16.4. The minimum absolute atomic E-state index is 0.101. The summed E-state index contributed by atoms with van der Waals surface area (Å²) in [7, 11) is 0. The Kier molecular flexibility index (Phi) is 4.89. The highest BCUT2D eigenvalue weighted by molar-refractivity contribution is 5.96.